The number of methoxy groups -OCH3 is 1. The van der Waals surface area contributed by atoms with Crippen LogP contribution in [0.25, 0.3) is 0 Å². The molecule has 1 aromatic rings. The van der Waals surface area contributed by atoms with Crippen molar-refractivity contribution in [3.63, 3.8) is 0 Å². The number of esters is 1. The molecule has 5 rings (SSSR count). The lowest BCUT2D eigenvalue weighted by atomic mass is 9.43. The molecule has 0 radical (unpaired) electrons. The van der Waals surface area contributed by atoms with Crippen molar-refractivity contribution in [2.45, 2.75) is 110 Å². The maximum absolute atomic E-state index is 13.1. The van der Waals surface area contributed by atoms with Crippen LogP contribution in [0.1, 0.15) is 90.5 Å². The van der Waals surface area contributed by atoms with Crippen LogP contribution < -0.4 is 27.0 Å². The fraction of sp³-hybridized carbons (Fsp3) is 0.800. The number of aliphatic hydroxyl groups is 1. The van der Waals surface area contributed by atoms with E-state index in [4.69, 9.17) is 10.5 Å². The first kappa shape index (κ1) is 38.2. The molecule has 0 aliphatic heterocycles. The van der Waals surface area contributed by atoms with E-state index >= 15 is 0 Å². The first-order valence-electron chi connectivity index (χ1n) is 19.5. The van der Waals surface area contributed by atoms with E-state index in [0.29, 0.717) is 66.4 Å². The van der Waals surface area contributed by atoms with E-state index in [1.807, 2.05) is 30.3 Å². The van der Waals surface area contributed by atoms with Crippen LogP contribution in [0.15, 0.2) is 30.3 Å². The summed E-state index contributed by atoms with van der Waals surface area (Å²) in [6.45, 7) is 12.8. The zero-order valence-electron chi connectivity index (χ0n) is 30.9. The van der Waals surface area contributed by atoms with Crippen LogP contribution >= 0.6 is 0 Å². The predicted molar refractivity (Wildman–Crippen MR) is 196 cm³/mol. The summed E-state index contributed by atoms with van der Waals surface area (Å²) in [5.74, 6) is 2.59. The van der Waals surface area contributed by atoms with Gasteiger partial charge in [0.05, 0.1) is 13.2 Å². The van der Waals surface area contributed by atoms with Gasteiger partial charge in [-0.3, -0.25) is 4.79 Å². The molecule has 1 amide bonds. The van der Waals surface area contributed by atoms with Gasteiger partial charge >= 0.3 is 5.97 Å². The molecule has 4 saturated carbocycles. The van der Waals surface area contributed by atoms with Gasteiger partial charge in [-0.1, -0.05) is 51.1 Å². The summed E-state index contributed by atoms with van der Waals surface area (Å²) in [6, 6.07) is 9.62. The lowest BCUT2D eigenvalue weighted by Crippen LogP contribution is -2.59. The standard InChI is InChI=1S/C40H67N5O4/c1-27(10-13-36(47)45-34(38(48)49-4)24-28-8-6-5-7-9-28)31-11-12-32-37-33(15-17-40(31,32)3)39(2)16-14-30(25-29(39)26-35(37)46)44-23-22-43-21-20-42-19-18-41/h5-9,27,29-35,37,42-44,46H,10-26,41H2,1-4H3,(H,45,47)/t27-,29+,30+,31-,32?,33?,34-,35-,37?,39+,40-/m1/s1. The quantitative estimate of drug-likeness (QED) is 0.107. The maximum atomic E-state index is 13.1. The molecule has 0 bridgehead atoms. The van der Waals surface area contributed by atoms with Gasteiger partial charge in [-0.15, -0.1) is 0 Å². The third-order valence-corrected chi connectivity index (χ3v) is 13.9. The number of carbonyl (C=O) groups is 2. The van der Waals surface area contributed by atoms with Crippen molar-refractivity contribution in [3.8, 4) is 0 Å². The second-order valence-electron chi connectivity index (χ2n) is 16.6. The first-order valence-corrected chi connectivity index (χ1v) is 19.5. The highest BCUT2D eigenvalue weighted by Gasteiger charge is 2.62. The molecule has 4 aliphatic rings. The van der Waals surface area contributed by atoms with E-state index in [1.165, 1.54) is 52.1 Å². The van der Waals surface area contributed by atoms with Gasteiger partial charge in [-0.05, 0) is 110 Å². The summed E-state index contributed by atoms with van der Waals surface area (Å²) in [4.78, 5) is 25.6. The Morgan fingerprint density at radius 3 is 2.37 bits per heavy atom. The lowest BCUT2D eigenvalue weighted by Gasteiger charge is -2.62. The Morgan fingerprint density at radius 1 is 0.939 bits per heavy atom. The largest absolute Gasteiger partial charge is 0.467 e. The molecule has 49 heavy (non-hydrogen) atoms. The topological polar surface area (TPSA) is 138 Å². The minimum Gasteiger partial charge on any atom is -0.467 e. The molecule has 276 valence electrons. The van der Waals surface area contributed by atoms with Crippen LogP contribution in [0.4, 0.5) is 0 Å². The van der Waals surface area contributed by atoms with E-state index in [-0.39, 0.29) is 17.4 Å². The average molecular weight is 682 g/mol. The number of carbonyl (C=O) groups excluding carboxylic acids is 2. The van der Waals surface area contributed by atoms with Crippen molar-refractivity contribution >= 4 is 11.9 Å². The van der Waals surface area contributed by atoms with Gasteiger partial charge in [0.15, 0.2) is 0 Å². The van der Waals surface area contributed by atoms with E-state index in [1.54, 1.807) is 0 Å². The van der Waals surface area contributed by atoms with Crippen LogP contribution in [0.3, 0.4) is 0 Å². The van der Waals surface area contributed by atoms with Gasteiger partial charge < -0.3 is 36.8 Å². The van der Waals surface area contributed by atoms with Crippen LogP contribution in [0.2, 0.25) is 0 Å². The monoisotopic (exact) mass is 682 g/mol. The number of ether oxygens (including phenoxy) is 1. The summed E-state index contributed by atoms with van der Waals surface area (Å²) in [6.07, 6.45) is 10.9. The summed E-state index contributed by atoms with van der Waals surface area (Å²) in [5.41, 5.74) is 7.05. The van der Waals surface area contributed by atoms with Gasteiger partial charge in [0, 0.05) is 58.2 Å². The third-order valence-electron chi connectivity index (χ3n) is 13.9. The normalized spacial score (nSPS) is 35.0. The van der Waals surface area contributed by atoms with Crippen LogP contribution in [0.5, 0.6) is 0 Å². The number of aliphatic hydroxyl groups excluding tert-OH is 1. The summed E-state index contributed by atoms with van der Waals surface area (Å²) >= 11 is 0. The molecule has 7 N–H and O–H groups in total. The molecule has 9 heteroatoms. The number of nitrogens with one attached hydrogen (secondary N) is 4. The molecule has 11 atom stereocenters. The number of benzene rings is 1. The molecular formula is C40H67N5O4. The second-order valence-corrected chi connectivity index (χ2v) is 16.6. The molecule has 0 spiro atoms. The van der Waals surface area contributed by atoms with Crippen molar-refractivity contribution in [1.29, 1.82) is 0 Å². The van der Waals surface area contributed by atoms with Crippen LogP contribution in [0, 0.1) is 46.3 Å². The number of amides is 1. The van der Waals surface area contributed by atoms with Crippen LogP contribution in [-0.4, -0.2) is 81.5 Å². The van der Waals surface area contributed by atoms with Crippen molar-refractivity contribution in [2.24, 2.45) is 52.1 Å². The SMILES string of the molecule is COC(=O)[C@@H](Cc1ccccc1)NC(=O)CC[C@@H](C)[C@H]1CCC2C3C(CC[C@@]21C)[C@@]1(C)CC[C@H](NCCNCCNCCN)C[C@H]1C[C@H]3O. The fourth-order valence-corrected chi connectivity index (χ4v) is 11.3. The van der Waals surface area contributed by atoms with Gasteiger partial charge in [0.2, 0.25) is 5.91 Å². The highest BCUT2D eigenvalue weighted by molar-refractivity contribution is 5.84. The molecule has 1 aromatic carbocycles. The van der Waals surface area contributed by atoms with E-state index in [2.05, 4.69) is 42.0 Å². The Labute approximate surface area is 296 Å². The molecule has 4 fully saturated rings. The minimum atomic E-state index is -0.681. The van der Waals surface area contributed by atoms with Gasteiger partial charge in [-0.25, -0.2) is 4.79 Å². The van der Waals surface area contributed by atoms with Crippen LogP contribution in [-0.2, 0) is 20.7 Å². The van der Waals surface area contributed by atoms with Crippen molar-refractivity contribution in [1.82, 2.24) is 21.3 Å². The van der Waals surface area contributed by atoms with Crippen molar-refractivity contribution in [2.75, 3.05) is 46.4 Å². The van der Waals surface area contributed by atoms with E-state index in [9.17, 15) is 14.7 Å². The van der Waals surface area contributed by atoms with E-state index < -0.39 is 12.0 Å². The summed E-state index contributed by atoms with van der Waals surface area (Å²) < 4.78 is 5.01. The predicted octanol–water partition coefficient (Wildman–Crippen LogP) is 4.03. The lowest BCUT2D eigenvalue weighted by molar-refractivity contribution is -0.167. The molecule has 3 unspecified atom stereocenters. The second kappa shape index (κ2) is 17.5. The number of nitrogens with two attached hydrogens (primary N) is 1. The minimum absolute atomic E-state index is 0.0831. The zero-order chi connectivity index (χ0) is 35.0. The highest BCUT2D eigenvalue weighted by Crippen LogP contribution is 2.68. The Morgan fingerprint density at radius 2 is 1.63 bits per heavy atom. The van der Waals surface area contributed by atoms with Gasteiger partial charge in [0.25, 0.3) is 0 Å². The summed E-state index contributed by atoms with van der Waals surface area (Å²) in [7, 11) is 1.37. The Hall–Kier alpha value is -2.04. The molecule has 0 heterocycles. The van der Waals surface area contributed by atoms with Gasteiger partial charge in [0.1, 0.15) is 6.04 Å². The number of fused-ring (bicyclic) bond motifs is 5. The fourth-order valence-electron chi connectivity index (χ4n) is 11.3. The Kier molecular flexibility index (Phi) is 13.6. The Bertz CT molecular complexity index is 1200. The van der Waals surface area contributed by atoms with Crippen molar-refractivity contribution in [3.05, 3.63) is 35.9 Å². The smallest absolute Gasteiger partial charge is 0.328 e. The maximum Gasteiger partial charge on any atom is 0.328 e. The first-order chi connectivity index (χ1) is 23.6. The molecule has 4 aliphatic carbocycles. The molecule has 9 nitrogen and oxygen atoms in total. The Balaban J connectivity index is 1.12. The zero-order valence-corrected chi connectivity index (χ0v) is 30.9. The number of hydrogen-bond donors (Lipinski definition) is 6. The van der Waals surface area contributed by atoms with Gasteiger partial charge in [-0.2, -0.15) is 0 Å². The number of rotatable bonds is 17. The van der Waals surface area contributed by atoms with E-state index in [0.717, 1.165) is 51.1 Å². The molecule has 0 aromatic heterocycles. The summed E-state index contributed by atoms with van der Waals surface area (Å²) in [5, 5.41) is 25.5. The van der Waals surface area contributed by atoms with Crippen molar-refractivity contribution < 1.29 is 19.4 Å². The third kappa shape index (κ3) is 8.89. The highest BCUT2D eigenvalue weighted by atomic mass is 16.5. The average Bonchev–Trinajstić information content (AvgIpc) is 3.46. The molecular weight excluding hydrogens is 614 g/mol. The molecule has 0 saturated heterocycles. The number of hydrogen-bond acceptors (Lipinski definition) is 8.